The van der Waals surface area contributed by atoms with Crippen molar-refractivity contribution in [1.82, 2.24) is 15.5 Å². The second kappa shape index (κ2) is 11.7. The number of nitrogens with zero attached hydrogens (tertiary/aromatic N) is 1. The summed E-state index contributed by atoms with van der Waals surface area (Å²) < 4.78 is 0. The highest BCUT2D eigenvalue weighted by molar-refractivity contribution is 5.94. The third-order valence-corrected chi connectivity index (χ3v) is 4.19. The monoisotopic (exact) mass is 391 g/mol. The van der Waals surface area contributed by atoms with Crippen molar-refractivity contribution in [2.75, 3.05) is 19.6 Å². The van der Waals surface area contributed by atoms with Gasteiger partial charge in [0.05, 0.1) is 13.1 Å². The zero-order valence-corrected chi connectivity index (χ0v) is 16.3. The summed E-state index contributed by atoms with van der Waals surface area (Å²) in [4.78, 5) is 37.1. The highest BCUT2D eigenvalue weighted by Crippen LogP contribution is 2.09. The molecule has 2 amide bonds. The van der Waals surface area contributed by atoms with Gasteiger partial charge in [0, 0.05) is 18.7 Å². The van der Waals surface area contributed by atoms with Crippen LogP contribution in [0.5, 0.6) is 0 Å². The van der Waals surface area contributed by atoms with E-state index in [1.165, 1.54) is 4.90 Å². The lowest BCUT2D eigenvalue weighted by Crippen LogP contribution is -2.51. The number of amidine groups is 1. The first-order valence-electron chi connectivity index (χ1n) is 9.23. The number of amides is 2. The Hall–Kier alpha value is -2.94. The molecule has 0 saturated carbocycles. The van der Waals surface area contributed by atoms with Crippen molar-refractivity contribution < 1.29 is 19.5 Å². The second-order valence-corrected chi connectivity index (χ2v) is 6.31. The Morgan fingerprint density at radius 2 is 1.82 bits per heavy atom. The summed E-state index contributed by atoms with van der Waals surface area (Å²) in [6.45, 7) is 3.90. The van der Waals surface area contributed by atoms with Crippen molar-refractivity contribution in [3.63, 3.8) is 0 Å². The van der Waals surface area contributed by atoms with Crippen LogP contribution in [0.15, 0.2) is 24.3 Å². The minimum absolute atomic E-state index is 0.0211. The Morgan fingerprint density at radius 1 is 1.18 bits per heavy atom. The smallest absolute Gasteiger partial charge is 0.317 e. The minimum Gasteiger partial charge on any atom is -0.480 e. The fourth-order valence-corrected chi connectivity index (χ4v) is 2.76. The standard InChI is InChI=1S/C19H29N5O4/c1-3-5-15(24(4-2)16(25)11-22-12-17(26)27)19(28)23-10-13-6-8-14(9-7-13)18(20)21/h6-9,15,22H,3-5,10-12H2,1-2H3,(H3,20,21)(H,23,28)(H,26,27). The van der Waals surface area contributed by atoms with Crippen LogP contribution in [-0.4, -0.2) is 59.3 Å². The van der Waals surface area contributed by atoms with Gasteiger partial charge in [-0.3, -0.25) is 25.1 Å². The Kier molecular flexibility index (Phi) is 9.66. The van der Waals surface area contributed by atoms with Gasteiger partial charge in [-0.1, -0.05) is 37.6 Å². The Morgan fingerprint density at radius 3 is 2.32 bits per heavy atom. The zero-order valence-electron chi connectivity index (χ0n) is 16.3. The molecule has 0 bridgehead atoms. The molecule has 1 atom stereocenters. The number of likely N-dealkylation sites (N-methyl/N-ethyl adjacent to an activating group) is 1. The van der Waals surface area contributed by atoms with Gasteiger partial charge in [0.15, 0.2) is 0 Å². The SMILES string of the molecule is CCCC(C(=O)NCc1ccc(C(=N)N)cc1)N(CC)C(=O)CNCC(=O)O. The molecule has 6 N–H and O–H groups in total. The van der Waals surface area contributed by atoms with Crippen LogP contribution in [0.2, 0.25) is 0 Å². The number of carbonyl (C=O) groups is 3. The van der Waals surface area contributed by atoms with Gasteiger partial charge in [0.25, 0.3) is 0 Å². The predicted molar refractivity (Wildman–Crippen MR) is 106 cm³/mol. The Labute approximate surface area is 164 Å². The molecule has 1 aromatic rings. The number of nitrogens with two attached hydrogens (primary N) is 1. The number of hydrogen-bond donors (Lipinski definition) is 5. The number of benzene rings is 1. The largest absolute Gasteiger partial charge is 0.480 e. The van der Waals surface area contributed by atoms with Gasteiger partial charge in [0.2, 0.25) is 11.8 Å². The molecule has 9 nitrogen and oxygen atoms in total. The average Bonchev–Trinajstić information content (AvgIpc) is 2.66. The summed E-state index contributed by atoms with van der Waals surface area (Å²) in [5, 5.41) is 21.5. The van der Waals surface area contributed by atoms with Crippen molar-refractivity contribution >= 4 is 23.6 Å². The van der Waals surface area contributed by atoms with E-state index in [-0.39, 0.29) is 30.7 Å². The van der Waals surface area contributed by atoms with Gasteiger partial charge in [-0.05, 0) is 18.9 Å². The van der Waals surface area contributed by atoms with Crippen LogP contribution in [0.4, 0.5) is 0 Å². The molecule has 0 heterocycles. The first-order valence-corrected chi connectivity index (χ1v) is 9.23. The molecular weight excluding hydrogens is 362 g/mol. The van der Waals surface area contributed by atoms with Gasteiger partial charge >= 0.3 is 5.97 Å². The van der Waals surface area contributed by atoms with E-state index >= 15 is 0 Å². The lowest BCUT2D eigenvalue weighted by Gasteiger charge is -2.30. The highest BCUT2D eigenvalue weighted by atomic mass is 16.4. The van der Waals surface area contributed by atoms with Crippen molar-refractivity contribution in [3.05, 3.63) is 35.4 Å². The lowest BCUT2D eigenvalue weighted by atomic mass is 10.1. The van der Waals surface area contributed by atoms with Crippen molar-refractivity contribution in [3.8, 4) is 0 Å². The first-order chi connectivity index (χ1) is 13.3. The maximum atomic E-state index is 12.7. The summed E-state index contributed by atoms with van der Waals surface area (Å²) in [6, 6.07) is 6.37. The number of carboxylic acids is 1. The molecule has 154 valence electrons. The van der Waals surface area contributed by atoms with Crippen molar-refractivity contribution in [2.45, 2.75) is 39.3 Å². The van der Waals surface area contributed by atoms with E-state index in [1.807, 2.05) is 6.92 Å². The van der Waals surface area contributed by atoms with E-state index in [0.717, 1.165) is 12.0 Å². The summed E-state index contributed by atoms with van der Waals surface area (Å²) in [7, 11) is 0. The van der Waals surface area contributed by atoms with Crippen LogP contribution in [0, 0.1) is 5.41 Å². The molecule has 0 saturated heterocycles. The fourth-order valence-electron chi connectivity index (χ4n) is 2.76. The molecule has 0 spiro atoms. The lowest BCUT2D eigenvalue weighted by molar-refractivity contribution is -0.140. The maximum Gasteiger partial charge on any atom is 0.317 e. The van der Waals surface area contributed by atoms with E-state index in [0.29, 0.717) is 25.1 Å². The van der Waals surface area contributed by atoms with E-state index < -0.39 is 12.0 Å². The van der Waals surface area contributed by atoms with Gasteiger partial charge < -0.3 is 21.1 Å². The van der Waals surface area contributed by atoms with Crippen molar-refractivity contribution in [2.24, 2.45) is 5.73 Å². The number of aliphatic carboxylic acids is 1. The quantitative estimate of drug-likeness (QED) is 0.255. The van der Waals surface area contributed by atoms with Crippen molar-refractivity contribution in [1.29, 1.82) is 5.41 Å². The molecule has 1 unspecified atom stereocenters. The number of carboxylic acid groups (broad SMARTS) is 1. The topological polar surface area (TPSA) is 149 Å². The fraction of sp³-hybridized carbons (Fsp3) is 0.474. The van der Waals surface area contributed by atoms with E-state index in [1.54, 1.807) is 31.2 Å². The summed E-state index contributed by atoms with van der Waals surface area (Å²) in [5.74, 6) is -1.64. The molecule has 0 aliphatic carbocycles. The van der Waals surface area contributed by atoms with Gasteiger partial charge in [-0.25, -0.2) is 0 Å². The van der Waals surface area contributed by atoms with E-state index in [9.17, 15) is 14.4 Å². The van der Waals surface area contributed by atoms with Crippen LogP contribution in [0.3, 0.4) is 0 Å². The van der Waals surface area contributed by atoms with Crippen LogP contribution >= 0.6 is 0 Å². The number of rotatable bonds is 12. The van der Waals surface area contributed by atoms with Crippen LogP contribution in [0.1, 0.15) is 37.8 Å². The Balaban J connectivity index is 2.72. The third kappa shape index (κ3) is 7.36. The first kappa shape index (κ1) is 23.1. The molecular formula is C19H29N5O4. The molecule has 9 heteroatoms. The molecule has 0 radical (unpaired) electrons. The molecule has 0 aliphatic rings. The summed E-state index contributed by atoms with van der Waals surface area (Å²) in [5.41, 5.74) is 6.89. The molecule has 0 fully saturated rings. The summed E-state index contributed by atoms with van der Waals surface area (Å²) >= 11 is 0. The van der Waals surface area contributed by atoms with Gasteiger partial charge in [0.1, 0.15) is 11.9 Å². The second-order valence-electron chi connectivity index (χ2n) is 6.31. The molecule has 28 heavy (non-hydrogen) atoms. The normalized spacial score (nSPS) is 11.5. The maximum absolute atomic E-state index is 12.7. The highest BCUT2D eigenvalue weighted by Gasteiger charge is 2.27. The van der Waals surface area contributed by atoms with E-state index in [4.69, 9.17) is 16.2 Å². The van der Waals surface area contributed by atoms with Gasteiger partial charge in [-0.2, -0.15) is 0 Å². The zero-order chi connectivity index (χ0) is 21.1. The molecule has 0 aromatic heterocycles. The number of nitrogen functional groups attached to an aromatic ring is 1. The van der Waals surface area contributed by atoms with Crippen LogP contribution in [-0.2, 0) is 20.9 Å². The third-order valence-electron chi connectivity index (χ3n) is 4.19. The van der Waals surface area contributed by atoms with Gasteiger partial charge in [-0.15, -0.1) is 0 Å². The number of hydrogen-bond acceptors (Lipinski definition) is 5. The van der Waals surface area contributed by atoms with E-state index in [2.05, 4.69) is 10.6 Å². The van der Waals surface area contributed by atoms with Crippen LogP contribution in [0.25, 0.3) is 0 Å². The Bertz CT molecular complexity index is 690. The number of carbonyl (C=O) groups excluding carboxylic acids is 2. The average molecular weight is 391 g/mol. The molecule has 1 aromatic carbocycles. The predicted octanol–water partition coefficient (Wildman–Crippen LogP) is 0.278. The molecule has 0 aliphatic heterocycles. The number of nitrogens with one attached hydrogen (secondary N) is 3. The minimum atomic E-state index is -1.05. The van der Waals surface area contributed by atoms with Crippen LogP contribution < -0.4 is 16.4 Å². The summed E-state index contributed by atoms with van der Waals surface area (Å²) in [6.07, 6.45) is 1.23. The molecule has 1 rings (SSSR count).